The molecule has 0 spiro atoms. The average Bonchev–Trinajstić information content (AvgIpc) is 2.35. The topological polar surface area (TPSA) is 17.1 Å². The van der Waals surface area contributed by atoms with E-state index in [0.717, 1.165) is 5.56 Å². The Kier molecular flexibility index (Phi) is 4.58. The van der Waals surface area contributed by atoms with Crippen LogP contribution in [0.3, 0.4) is 0 Å². The largest absolute Gasteiger partial charge is 0.295 e. The highest BCUT2D eigenvalue weighted by molar-refractivity contribution is 5.94. The monoisotopic (exact) mass is 230 g/mol. The van der Waals surface area contributed by atoms with E-state index in [-0.39, 0.29) is 11.6 Å². The van der Waals surface area contributed by atoms with Gasteiger partial charge in [-0.25, -0.2) is 4.39 Å². The number of ketones is 1. The molecule has 0 saturated carbocycles. The second-order valence-corrected chi connectivity index (χ2v) is 3.67. The summed E-state index contributed by atoms with van der Waals surface area (Å²) in [6.07, 6.45) is 4.35. The lowest BCUT2D eigenvalue weighted by atomic mass is 10.0. The van der Waals surface area contributed by atoms with Gasteiger partial charge in [-0.1, -0.05) is 43.0 Å². The van der Waals surface area contributed by atoms with Crippen molar-refractivity contribution in [3.63, 3.8) is 0 Å². The Balaban J connectivity index is 2.84. The molecule has 0 fully saturated rings. The van der Waals surface area contributed by atoms with Crippen LogP contribution in [-0.4, -0.2) is 5.78 Å². The number of hydrogen-bond acceptors (Lipinski definition) is 1. The third kappa shape index (κ3) is 3.83. The van der Waals surface area contributed by atoms with Gasteiger partial charge in [-0.05, 0) is 31.1 Å². The highest BCUT2D eigenvalue weighted by atomic mass is 19.1. The van der Waals surface area contributed by atoms with Gasteiger partial charge in [-0.2, -0.15) is 0 Å². The van der Waals surface area contributed by atoms with Crippen molar-refractivity contribution in [2.24, 2.45) is 0 Å². The Morgan fingerprint density at radius 2 is 1.71 bits per heavy atom. The van der Waals surface area contributed by atoms with Crippen LogP contribution < -0.4 is 0 Å². The van der Waals surface area contributed by atoms with Crippen LogP contribution in [0.15, 0.2) is 54.9 Å². The summed E-state index contributed by atoms with van der Waals surface area (Å²) < 4.78 is 12.9. The quantitative estimate of drug-likeness (QED) is 0.555. The molecule has 17 heavy (non-hydrogen) atoms. The Morgan fingerprint density at radius 3 is 2.18 bits per heavy atom. The lowest BCUT2D eigenvalue weighted by Crippen LogP contribution is -1.91. The smallest absolute Gasteiger partial charge is 0.159 e. The predicted molar refractivity (Wildman–Crippen MR) is 69.5 cm³/mol. The molecule has 0 aliphatic rings. The third-order valence-corrected chi connectivity index (χ3v) is 2.38. The van der Waals surface area contributed by atoms with Crippen LogP contribution in [0.25, 0.3) is 5.57 Å². The van der Waals surface area contributed by atoms with Crippen molar-refractivity contribution >= 4 is 11.4 Å². The van der Waals surface area contributed by atoms with E-state index < -0.39 is 0 Å². The minimum Gasteiger partial charge on any atom is -0.295 e. The molecule has 0 unspecified atom stereocenters. The zero-order chi connectivity index (χ0) is 12.8. The Hall–Kier alpha value is -1.96. The maximum atomic E-state index is 12.9. The van der Waals surface area contributed by atoms with Crippen molar-refractivity contribution in [3.05, 3.63) is 66.0 Å². The summed E-state index contributed by atoms with van der Waals surface area (Å²) in [5.74, 6) is -0.274. The molecule has 1 aromatic carbocycles. The second kappa shape index (κ2) is 5.94. The Labute approximate surface area is 101 Å². The fourth-order valence-corrected chi connectivity index (χ4v) is 1.29. The van der Waals surface area contributed by atoms with Gasteiger partial charge in [0.1, 0.15) is 5.83 Å². The minimum absolute atomic E-state index is 0.0256. The SMILES string of the molecule is C=C(/C=C\C(F)=C/C)c1ccc(C(C)=O)cc1. The molecule has 0 bridgehead atoms. The van der Waals surface area contributed by atoms with Gasteiger partial charge in [0.05, 0.1) is 0 Å². The van der Waals surface area contributed by atoms with Gasteiger partial charge in [-0.3, -0.25) is 4.79 Å². The summed E-state index contributed by atoms with van der Waals surface area (Å²) in [6, 6.07) is 7.08. The summed E-state index contributed by atoms with van der Waals surface area (Å²) in [6.45, 7) is 6.99. The number of benzene rings is 1. The van der Waals surface area contributed by atoms with Gasteiger partial charge in [0.15, 0.2) is 5.78 Å². The highest BCUT2D eigenvalue weighted by Crippen LogP contribution is 2.16. The van der Waals surface area contributed by atoms with Crippen LogP contribution in [0.1, 0.15) is 29.8 Å². The van der Waals surface area contributed by atoms with E-state index in [2.05, 4.69) is 6.58 Å². The molecule has 1 aromatic rings. The maximum Gasteiger partial charge on any atom is 0.159 e. The van der Waals surface area contributed by atoms with E-state index in [9.17, 15) is 9.18 Å². The molecule has 1 nitrogen and oxygen atoms in total. The van der Waals surface area contributed by atoms with E-state index in [1.807, 2.05) is 0 Å². The highest BCUT2D eigenvalue weighted by Gasteiger charge is 2.00. The third-order valence-electron chi connectivity index (χ3n) is 2.38. The van der Waals surface area contributed by atoms with Gasteiger partial charge in [0.2, 0.25) is 0 Å². The van der Waals surface area contributed by atoms with Crippen molar-refractivity contribution in [1.29, 1.82) is 0 Å². The first-order chi connectivity index (χ1) is 8.04. The number of rotatable bonds is 4. The molecule has 0 aliphatic heterocycles. The van der Waals surface area contributed by atoms with Gasteiger partial charge >= 0.3 is 0 Å². The molecule has 0 aliphatic carbocycles. The normalized spacial score (nSPS) is 11.8. The van der Waals surface area contributed by atoms with Crippen LogP contribution in [0.5, 0.6) is 0 Å². The van der Waals surface area contributed by atoms with Crippen LogP contribution in [0.2, 0.25) is 0 Å². The minimum atomic E-state index is -0.300. The van der Waals surface area contributed by atoms with Crippen molar-refractivity contribution in [1.82, 2.24) is 0 Å². The summed E-state index contributed by atoms with van der Waals surface area (Å²) >= 11 is 0. The van der Waals surface area contributed by atoms with Crippen molar-refractivity contribution in [3.8, 4) is 0 Å². The van der Waals surface area contributed by atoms with Crippen LogP contribution in [0, 0.1) is 0 Å². The van der Waals surface area contributed by atoms with E-state index in [1.165, 1.54) is 19.1 Å². The zero-order valence-electron chi connectivity index (χ0n) is 10.0. The van der Waals surface area contributed by atoms with Crippen molar-refractivity contribution < 1.29 is 9.18 Å². The maximum absolute atomic E-state index is 12.9. The molecular weight excluding hydrogens is 215 g/mol. The fourth-order valence-electron chi connectivity index (χ4n) is 1.29. The number of carbonyl (C=O) groups is 1. The zero-order valence-corrected chi connectivity index (χ0v) is 10.0. The van der Waals surface area contributed by atoms with Crippen LogP contribution in [-0.2, 0) is 0 Å². The molecule has 88 valence electrons. The summed E-state index contributed by atoms with van der Waals surface area (Å²) in [7, 11) is 0. The average molecular weight is 230 g/mol. The molecular formula is C15H15FO. The number of carbonyl (C=O) groups excluding carboxylic acids is 1. The number of Topliss-reactive ketones (excluding diaryl/α,β-unsaturated/α-hetero) is 1. The molecule has 1 rings (SSSR count). The van der Waals surface area contributed by atoms with E-state index in [0.29, 0.717) is 11.1 Å². The molecule has 0 N–H and O–H groups in total. The first-order valence-electron chi connectivity index (χ1n) is 5.34. The molecule has 0 atom stereocenters. The van der Waals surface area contributed by atoms with Crippen LogP contribution in [0.4, 0.5) is 4.39 Å². The Morgan fingerprint density at radius 1 is 1.18 bits per heavy atom. The van der Waals surface area contributed by atoms with Gasteiger partial charge in [0.25, 0.3) is 0 Å². The molecule has 0 amide bonds. The molecule has 0 radical (unpaired) electrons. The molecule has 0 saturated heterocycles. The number of allylic oxidation sites excluding steroid dienone is 5. The molecule has 0 aromatic heterocycles. The van der Waals surface area contributed by atoms with Gasteiger partial charge in [0, 0.05) is 5.56 Å². The fraction of sp³-hybridized carbons (Fsp3) is 0.133. The first kappa shape index (κ1) is 13.1. The summed E-state index contributed by atoms with van der Waals surface area (Å²) in [5, 5.41) is 0. The summed E-state index contributed by atoms with van der Waals surface area (Å²) in [4.78, 5) is 11.1. The number of halogens is 1. The van der Waals surface area contributed by atoms with Crippen molar-refractivity contribution in [2.75, 3.05) is 0 Å². The van der Waals surface area contributed by atoms with E-state index in [1.54, 1.807) is 37.3 Å². The van der Waals surface area contributed by atoms with Crippen LogP contribution >= 0.6 is 0 Å². The standard InChI is InChI=1S/C15H15FO/c1-4-15(16)10-5-11(2)13-6-8-14(9-7-13)12(3)17/h4-10H,2H2,1,3H3/b10-5-,15-4+. The Bertz CT molecular complexity index is 478. The second-order valence-electron chi connectivity index (χ2n) is 3.67. The lowest BCUT2D eigenvalue weighted by molar-refractivity contribution is 0.101. The van der Waals surface area contributed by atoms with E-state index >= 15 is 0 Å². The van der Waals surface area contributed by atoms with Crippen molar-refractivity contribution in [2.45, 2.75) is 13.8 Å². The first-order valence-corrected chi connectivity index (χ1v) is 5.34. The predicted octanol–water partition coefficient (Wildman–Crippen LogP) is 4.33. The molecule has 0 heterocycles. The van der Waals surface area contributed by atoms with Gasteiger partial charge in [-0.15, -0.1) is 0 Å². The van der Waals surface area contributed by atoms with Gasteiger partial charge < -0.3 is 0 Å². The summed E-state index contributed by atoms with van der Waals surface area (Å²) in [5.41, 5.74) is 2.23. The number of hydrogen-bond donors (Lipinski definition) is 0. The van der Waals surface area contributed by atoms with E-state index in [4.69, 9.17) is 0 Å². The lowest BCUT2D eigenvalue weighted by Gasteiger charge is -2.01. The molecule has 2 heteroatoms.